The lowest BCUT2D eigenvalue weighted by molar-refractivity contribution is 0.598. The maximum atomic E-state index is 2.35. The van der Waals surface area contributed by atoms with E-state index in [4.69, 9.17) is 0 Å². The largest absolute Gasteiger partial charge is 0.0702 e. The van der Waals surface area contributed by atoms with Crippen molar-refractivity contribution in [1.29, 1.82) is 0 Å². The average molecular weight is 216 g/mol. The highest BCUT2D eigenvalue weighted by Gasteiger charge is 2.04. The molecule has 16 heavy (non-hydrogen) atoms. The first-order chi connectivity index (χ1) is 7.95. The summed E-state index contributed by atoms with van der Waals surface area (Å²) >= 11 is 0. The highest BCUT2D eigenvalue weighted by atomic mass is 14.1. The molecule has 2 saturated carbocycles. The molecule has 0 aromatic rings. The zero-order chi connectivity index (χ0) is 11.1. The molecule has 0 unspecified atom stereocenters. The van der Waals surface area contributed by atoms with Gasteiger partial charge in [0.1, 0.15) is 0 Å². The lowest BCUT2D eigenvalue weighted by atomic mass is 9.94. The van der Waals surface area contributed by atoms with E-state index < -0.39 is 0 Å². The van der Waals surface area contributed by atoms with E-state index in [1.54, 1.807) is 11.1 Å². The molecule has 0 saturated heterocycles. The number of allylic oxidation sites excluding steroid dienone is 6. The smallest absolute Gasteiger partial charge is 0.0317 e. The van der Waals surface area contributed by atoms with Gasteiger partial charge in [0.2, 0.25) is 0 Å². The lowest BCUT2D eigenvalue weighted by Crippen LogP contribution is -1.93. The van der Waals surface area contributed by atoms with Crippen LogP contribution >= 0.6 is 0 Å². The standard InChI is InChI=1S/C16H24/c1-3-9-15(10-4-1)13-7-8-14-16-11-5-2-6-12-16/h7-8,13-14H,1-6,9-12H2. The normalized spacial score (nSPS) is 22.5. The summed E-state index contributed by atoms with van der Waals surface area (Å²) in [5, 5.41) is 0. The van der Waals surface area contributed by atoms with Crippen LogP contribution in [0.2, 0.25) is 0 Å². The van der Waals surface area contributed by atoms with Crippen LogP contribution in [0.3, 0.4) is 0 Å². The predicted octanol–water partition coefficient (Wildman–Crippen LogP) is 5.32. The maximum absolute atomic E-state index is 2.35. The molecule has 2 rings (SSSR count). The first-order valence-electron chi connectivity index (χ1n) is 6.99. The maximum Gasteiger partial charge on any atom is -0.0317 e. The highest BCUT2D eigenvalue weighted by molar-refractivity contribution is 5.20. The molecule has 0 aromatic carbocycles. The molecule has 0 heterocycles. The van der Waals surface area contributed by atoms with Crippen LogP contribution in [0, 0.1) is 0 Å². The number of rotatable bonds is 2. The predicted molar refractivity (Wildman–Crippen MR) is 71.5 cm³/mol. The zero-order valence-corrected chi connectivity index (χ0v) is 10.4. The second kappa shape index (κ2) is 6.73. The molecular formula is C16H24. The van der Waals surface area contributed by atoms with Crippen LogP contribution in [0.5, 0.6) is 0 Å². The SMILES string of the molecule is C(=CC=C1CCCCC1)C=C1CCCCC1. The van der Waals surface area contributed by atoms with Gasteiger partial charge in [0.05, 0.1) is 0 Å². The minimum atomic E-state index is 1.33. The van der Waals surface area contributed by atoms with E-state index in [-0.39, 0.29) is 0 Å². The molecule has 0 spiro atoms. The zero-order valence-electron chi connectivity index (χ0n) is 10.4. The number of hydrogen-bond acceptors (Lipinski definition) is 0. The third-order valence-electron chi connectivity index (χ3n) is 3.77. The van der Waals surface area contributed by atoms with E-state index in [1.807, 2.05) is 0 Å². The van der Waals surface area contributed by atoms with Crippen LogP contribution in [-0.4, -0.2) is 0 Å². The van der Waals surface area contributed by atoms with E-state index in [2.05, 4.69) is 24.3 Å². The summed E-state index contributed by atoms with van der Waals surface area (Å²) < 4.78 is 0. The van der Waals surface area contributed by atoms with E-state index in [9.17, 15) is 0 Å². The Bertz CT molecular complexity index is 245. The molecule has 2 aliphatic carbocycles. The molecule has 0 aromatic heterocycles. The van der Waals surface area contributed by atoms with Gasteiger partial charge in [-0.15, -0.1) is 0 Å². The van der Waals surface area contributed by atoms with Crippen molar-refractivity contribution < 1.29 is 0 Å². The fourth-order valence-electron chi connectivity index (χ4n) is 2.73. The third-order valence-corrected chi connectivity index (χ3v) is 3.77. The summed E-state index contributed by atoms with van der Waals surface area (Å²) in [6, 6.07) is 0. The van der Waals surface area contributed by atoms with Crippen molar-refractivity contribution in [2.24, 2.45) is 0 Å². The van der Waals surface area contributed by atoms with Crippen LogP contribution in [0.4, 0.5) is 0 Å². The molecule has 2 fully saturated rings. The van der Waals surface area contributed by atoms with Gasteiger partial charge in [-0.1, -0.05) is 48.3 Å². The van der Waals surface area contributed by atoms with Crippen LogP contribution in [-0.2, 0) is 0 Å². The van der Waals surface area contributed by atoms with Gasteiger partial charge in [-0.2, -0.15) is 0 Å². The van der Waals surface area contributed by atoms with E-state index in [0.29, 0.717) is 0 Å². The Balaban J connectivity index is 1.79. The minimum absolute atomic E-state index is 1.33. The van der Waals surface area contributed by atoms with Gasteiger partial charge in [0, 0.05) is 0 Å². The Morgan fingerprint density at radius 3 is 1.25 bits per heavy atom. The molecule has 0 nitrogen and oxygen atoms in total. The van der Waals surface area contributed by atoms with Gasteiger partial charge in [-0.3, -0.25) is 0 Å². The van der Waals surface area contributed by atoms with Crippen LogP contribution in [0.1, 0.15) is 64.2 Å². The van der Waals surface area contributed by atoms with Crippen molar-refractivity contribution in [2.75, 3.05) is 0 Å². The van der Waals surface area contributed by atoms with Crippen LogP contribution in [0.15, 0.2) is 35.5 Å². The molecular weight excluding hydrogens is 192 g/mol. The first kappa shape index (κ1) is 11.7. The van der Waals surface area contributed by atoms with Gasteiger partial charge in [-0.25, -0.2) is 0 Å². The quantitative estimate of drug-likeness (QED) is 0.585. The molecule has 88 valence electrons. The van der Waals surface area contributed by atoms with Crippen LogP contribution in [0.25, 0.3) is 0 Å². The summed E-state index contributed by atoms with van der Waals surface area (Å²) in [7, 11) is 0. The molecule has 0 aliphatic heterocycles. The summed E-state index contributed by atoms with van der Waals surface area (Å²) in [6.07, 6.45) is 23.0. The van der Waals surface area contributed by atoms with Crippen molar-refractivity contribution in [3.05, 3.63) is 35.5 Å². The molecule has 2 aliphatic rings. The molecule has 0 heteroatoms. The summed E-state index contributed by atoms with van der Waals surface area (Å²) in [4.78, 5) is 0. The monoisotopic (exact) mass is 216 g/mol. The topological polar surface area (TPSA) is 0 Å². The molecule has 0 amide bonds. The molecule has 0 atom stereocenters. The van der Waals surface area contributed by atoms with Crippen molar-refractivity contribution >= 4 is 0 Å². The Morgan fingerprint density at radius 1 is 0.500 bits per heavy atom. The molecule has 0 radical (unpaired) electrons. The summed E-state index contributed by atoms with van der Waals surface area (Å²) in [6.45, 7) is 0. The van der Waals surface area contributed by atoms with Gasteiger partial charge in [-0.05, 0) is 51.4 Å². The van der Waals surface area contributed by atoms with E-state index in [0.717, 1.165) is 0 Å². The van der Waals surface area contributed by atoms with Gasteiger partial charge >= 0.3 is 0 Å². The highest BCUT2D eigenvalue weighted by Crippen LogP contribution is 2.23. The Morgan fingerprint density at radius 2 is 0.875 bits per heavy atom. The van der Waals surface area contributed by atoms with Gasteiger partial charge < -0.3 is 0 Å². The lowest BCUT2D eigenvalue weighted by Gasteiger charge is -2.12. The summed E-state index contributed by atoms with van der Waals surface area (Å²) in [5.41, 5.74) is 3.31. The Hall–Kier alpha value is -0.780. The average Bonchev–Trinajstić information content (AvgIpc) is 2.37. The molecule has 0 N–H and O–H groups in total. The van der Waals surface area contributed by atoms with Gasteiger partial charge in [0.25, 0.3) is 0 Å². The van der Waals surface area contributed by atoms with E-state index >= 15 is 0 Å². The first-order valence-corrected chi connectivity index (χ1v) is 6.99. The Labute approximate surface area is 100 Å². The second-order valence-electron chi connectivity index (χ2n) is 5.16. The fraction of sp³-hybridized carbons (Fsp3) is 0.625. The van der Waals surface area contributed by atoms with E-state index in [1.165, 1.54) is 64.2 Å². The Kier molecular flexibility index (Phi) is 4.92. The third kappa shape index (κ3) is 4.00. The van der Waals surface area contributed by atoms with Crippen LogP contribution < -0.4 is 0 Å². The van der Waals surface area contributed by atoms with Crippen molar-refractivity contribution in [1.82, 2.24) is 0 Å². The van der Waals surface area contributed by atoms with Crippen molar-refractivity contribution in [3.63, 3.8) is 0 Å². The van der Waals surface area contributed by atoms with Crippen molar-refractivity contribution in [3.8, 4) is 0 Å². The minimum Gasteiger partial charge on any atom is -0.0702 e. The second-order valence-corrected chi connectivity index (χ2v) is 5.16. The van der Waals surface area contributed by atoms with Crippen molar-refractivity contribution in [2.45, 2.75) is 64.2 Å². The molecule has 0 bridgehead atoms. The number of hydrogen-bond donors (Lipinski definition) is 0. The fourth-order valence-corrected chi connectivity index (χ4v) is 2.73. The van der Waals surface area contributed by atoms with Gasteiger partial charge in [0.15, 0.2) is 0 Å². The summed E-state index contributed by atoms with van der Waals surface area (Å²) in [5.74, 6) is 0.